The molecule has 1 atom stereocenters. The molecule has 25 heavy (non-hydrogen) atoms. The molecule has 0 aliphatic heterocycles. The highest BCUT2D eigenvalue weighted by Crippen LogP contribution is 2.16. The number of benzene rings is 1. The highest BCUT2D eigenvalue weighted by Gasteiger charge is 2.13. The van der Waals surface area contributed by atoms with E-state index in [-0.39, 0.29) is 12.5 Å². The first-order valence-corrected chi connectivity index (χ1v) is 9.95. The summed E-state index contributed by atoms with van der Waals surface area (Å²) in [5, 5.41) is 9.06. The molecule has 0 saturated heterocycles. The lowest BCUT2D eigenvalue weighted by Gasteiger charge is -2.16. The number of unbranched alkanes of at least 4 members (excludes halogenated alkanes) is 6. The summed E-state index contributed by atoms with van der Waals surface area (Å²) in [6.45, 7) is 5.06. The van der Waals surface area contributed by atoms with Crippen LogP contribution >= 0.6 is 0 Å². The second-order valence-corrected chi connectivity index (χ2v) is 7.46. The van der Waals surface area contributed by atoms with Crippen LogP contribution in [0.25, 0.3) is 0 Å². The van der Waals surface area contributed by atoms with E-state index in [1.54, 1.807) is 0 Å². The van der Waals surface area contributed by atoms with Crippen molar-refractivity contribution in [1.82, 2.24) is 0 Å². The fraction of sp³-hybridized carbons (Fsp3) is 0.682. The summed E-state index contributed by atoms with van der Waals surface area (Å²) in [6.07, 6.45) is 10.9. The van der Waals surface area contributed by atoms with Gasteiger partial charge in [-0.05, 0) is 17.9 Å². The molecule has 0 radical (unpaired) electrons. The average Bonchev–Trinajstić information content (AvgIpc) is 2.58. The molecule has 142 valence electrons. The summed E-state index contributed by atoms with van der Waals surface area (Å²) in [6, 6.07) is 9.95. The normalized spacial score (nSPS) is 12.4. The first-order chi connectivity index (χ1) is 12.1. The second-order valence-electron chi connectivity index (χ2n) is 7.46. The van der Waals surface area contributed by atoms with Gasteiger partial charge in [0.1, 0.15) is 0 Å². The van der Waals surface area contributed by atoms with Crippen LogP contribution in [0.2, 0.25) is 0 Å². The van der Waals surface area contributed by atoms with Crippen LogP contribution in [0.1, 0.15) is 83.6 Å². The van der Waals surface area contributed by atoms with Crippen LogP contribution in [-0.2, 0) is 16.1 Å². The minimum atomic E-state index is -0.775. The number of rotatable bonds is 15. The molecule has 1 N–H and O–H groups in total. The quantitative estimate of drug-likeness (QED) is 0.383. The minimum absolute atomic E-state index is 0.0992. The number of ether oxygens (including phenoxy) is 1. The monoisotopic (exact) mass is 348 g/mol. The molecule has 0 fully saturated rings. The van der Waals surface area contributed by atoms with E-state index >= 15 is 0 Å². The van der Waals surface area contributed by atoms with Gasteiger partial charge in [-0.2, -0.15) is 0 Å². The lowest BCUT2D eigenvalue weighted by atomic mass is 10.0. The zero-order chi connectivity index (χ0) is 18.3. The van der Waals surface area contributed by atoms with E-state index < -0.39 is 5.97 Å². The van der Waals surface area contributed by atoms with Crippen molar-refractivity contribution in [3.63, 3.8) is 0 Å². The minimum Gasteiger partial charge on any atom is -0.481 e. The van der Waals surface area contributed by atoms with Crippen molar-refractivity contribution in [3.05, 3.63) is 35.9 Å². The fourth-order valence-corrected chi connectivity index (χ4v) is 3.04. The molecule has 0 aliphatic carbocycles. The number of hydrogen-bond donors (Lipinski definition) is 1. The van der Waals surface area contributed by atoms with Gasteiger partial charge in [-0.25, -0.2) is 0 Å². The Morgan fingerprint density at radius 3 is 2.04 bits per heavy atom. The molecule has 0 spiro atoms. The van der Waals surface area contributed by atoms with Crippen molar-refractivity contribution in [1.29, 1.82) is 0 Å². The SMILES string of the molecule is CC(C)CCCCCCCCC[C@H](CC(=O)O)OCc1ccccc1. The molecule has 0 saturated carbocycles. The maximum absolute atomic E-state index is 11.0. The number of hydrogen-bond acceptors (Lipinski definition) is 2. The van der Waals surface area contributed by atoms with Gasteiger partial charge in [0.15, 0.2) is 0 Å². The van der Waals surface area contributed by atoms with Crippen LogP contribution in [-0.4, -0.2) is 17.2 Å². The Kier molecular flexibility index (Phi) is 12.0. The lowest BCUT2D eigenvalue weighted by molar-refractivity contribution is -0.140. The molecule has 0 aliphatic rings. The van der Waals surface area contributed by atoms with E-state index in [1.807, 2.05) is 30.3 Å². The average molecular weight is 349 g/mol. The summed E-state index contributed by atoms with van der Waals surface area (Å²) in [5.41, 5.74) is 1.10. The zero-order valence-electron chi connectivity index (χ0n) is 16.1. The van der Waals surface area contributed by atoms with Crippen LogP contribution in [0.5, 0.6) is 0 Å². The van der Waals surface area contributed by atoms with Crippen LogP contribution in [0, 0.1) is 5.92 Å². The smallest absolute Gasteiger partial charge is 0.305 e. The third kappa shape index (κ3) is 12.6. The third-order valence-electron chi connectivity index (χ3n) is 4.54. The highest BCUT2D eigenvalue weighted by atomic mass is 16.5. The van der Waals surface area contributed by atoms with E-state index in [0.717, 1.165) is 24.3 Å². The summed E-state index contributed by atoms with van der Waals surface area (Å²) in [7, 11) is 0. The predicted molar refractivity (Wildman–Crippen MR) is 104 cm³/mol. The van der Waals surface area contributed by atoms with Crippen LogP contribution < -0.4 is 0 Å². The molecule has 3 heteroatoms. The Hall–Kier alpha value is -1.35. The molecular formula is C22H36O3. The van der Waals surface area contributed by atoms with Crippen LogP contribution in [0.4, 0.5) is 0 Å². The summed E-state index contributed by atoms with van der Waals surface area (Å²) >= 11 is 0. The molecule has 0 heterocycles. The van der Waals surface area contributed by atoms with Crippen molar-refractivity contribution < 1.29 is 14.6 Å². The predicted octanol–water partition coefficient (Wildman–Crippen LogP) is 6.21. The molecule has 3 nitrogen and oxygen atoms in total. The van der Waals surface area contributed by atoms with Crippen LogP contribution in [0.15, 0.2) is 30.3 Å². The standard InChI is InChI=1S/C22H36O3/c1-19(2)13-9-6-4-3-5-7-12-16-21(17-22(23)24)25-18-20-14-10-8-11-15-20/h8,10-11,14-15,19,21H,3-7,9,12-13,16-18H2,1-2H3,(H,23,24)/t21-/m1/s1. The van der Waals surface area contributed by atoms with Gasteiger partial charge in [-0.3, -0.25) is 4.79 Å². The highest BCUT2D eigenvalue weighted by molar-refractivity contribution is 5.67. The van der Waals surface area contributed by atoms with Crippen molar-refractivity contribution in [3.8, 4) is 0 Å². The molecule has 0 aromatic heterocycles. The maximum Gasteiger partial charge on any atom is 0.305 e. The molecule has 1 rings (SSSR count). The van der Waals surface area contributed by atoms with E-state index in [9.17, 15) is 4.79 Å². The fourth-order valence-electron chi connectivity index (χ4n) is 3.04. The molecule has 0 amide bonds. The molecule has 0 unspecified atom stereocenters. The maximum atomic E-state index is 11.0. The van der Waals surface area contributed by atoms with Crippen molar-refractivity contribution >= 4 is 5.97 Å². The van der Waals surface area contributed by atoms with Crippen LogP contribution in [0.3, 0.4) is 0 Å². The van der Waals surface area contributed by atoms with E-state index in [1.165, 1.54) is 44.9 Å². The molecule has 1 aromatic rings. The van der Waals surface area contributed by atoms with E-state index in [0.29, 0.717) is 6.61 Å². The summed E-state index contributed by atoms with van der Waals surface area (Å²) in [4.78, 5) is 11.0. The van der Waals surface area contributed by atoms with Gasteiger partial charge in [0.2, 0.25) is 0 Å². The summed E-state index contributed by atoms with van der Waals surface area (Å²) < 4.78 is 5.84. The first kappa shape index (κ1) is 21.7. The number of carbonyl (C=O) groups is 1. The Balaban J connectivity index is 2.11. The zero-order valence-corrected chi connectivity index (χ0v) is 16.1. The van der Waals surface area contributed by atoms with Gasteiger partial charge in [0.25, 0.3) is 0 Å². The molecule has 1 aromatic carbocycles. The van der Waals surface area contributed by atoms with E-state index in [4.69, 9.17) is 9.84 Å². The van der Waals surface area contributed by atoms with Gasteiger partial charge < -0.3 is 9.84 Å². The van der Waals surface area contributed by atoms with Gasteiger partial charge >= 0.3 is 5.97 Å². The van der Waals surface area contributed by atoms with E-state index in [2.05, 4.69) is 13.8 Å². The van der Waals surface area contributed by atoms with Gasteiger partial charge in [0.05, 0.1) is 19.1 Å². The van der Waals surface area contributed by atoms with Gasteiger partial charge in [-0.15, -0.1) is 0 Å². The lowest BCUT2D eigenvalue weighted by Crippen LogP contribution is -2.17. The van der Waals surface area contributed by atoms with Crippen molar-refractivity contribution in [2.24, 2.45) is 5.92 Å². The Morgan fingerprint density at radius 1 is 0.920 bits per heavy atom. The Labute approximate surface area is 153 Å². The van der Waals surface area contributed by atoms with Gasteiger partial charge in [0, 0.05) is 0 Å². The topological polar surface area (TPSA) is 46.5 Å². The van der Waals surface area contributed by atoms with Crippen molar-refractivity contribution in [2.75, 3.05) is 0 Å². The third-order valence-corrected chi connectivity index (χ3v) is 4.54. The molecule has 0 bridgehead atoms. The molecular weight excluding hydrogens is 312 g/mol. The number of aliphatic carboxylic acids is 1. The largest absolute Gasteiger partial charge is 0.481 e. The Morgan fingerprint density at radius 2 is 1.48 bits per heavy atom. The second kappa shape index (κ2) is 13.9. The summed E-state index contributed by atoms with van der Waals surface area (Å²) in [5.74, 6) is 0.0465. The first-order valence-electron chi connectivity index (χ1n) is 9.95. The number of carboxylic acid groups (broad SMARTS) is 1. The number of carboxylic acids is 1. The Bertz CT molecular complexity index is 442. The van der Waals surface area contributed by atoms with Crippen molar-refractivity contribution in [2.45, 2.75) is 90.8 Å². The van der Waals surface area contributed by atoms with Gasteiger partial charge in [-0.1, -0.05) is 95.5 Å².